The molecule has 1 saturated heterocycles. The minimum absolute atomic E-state index is 0.224. The number of sulfonamides is 1. The molecular weight excluding hydrogens is 260 g/mol. The van der Waals surface area contributed by atoms with Gasteiger partial charge in [0.05, 0.1) is 12.9 Å². The molecular formula is C9H20N4O4S. The van der Waals surface area contributed by atoms with Crippen LogP contribution in [0.2, 0.25) is 0 Å². The van der Waals surface area contributed by atoms with Crippen molar-refractivity contribution in [3.8, 4) is 0 Å². The van der Waals surface area contributed by atoms with E-state index in [4.69, 9.17) is 10.6 Å². The summed E-state index contributed by atoms with van der Waals surface area (Å²) in [6.07, 6.45) is 1.18. The second kappa shape index (κ2) is 6.43. The number of piperazine rings is 1. The Kier molecular flexibility index (Phi) is 5.47. The van der Waals surface area contributed by atoms with Crippen molar-refractivity contribution in [2.75, 3.05) is 46.2 Å². The van der Waals surface area contributed by atoms with E-state index in [1.54, 1.807) is 0 Å². The SMILES string of the molecule is COCC(C(=O)NN)N1CCN(S(C)(=O)=O)CC1. The number of hydrazine groups is 1. The fourth-order valence-electron chi connectivity index (χ4n) is 1.95. The van der Waals surface area contributed by atoms with E-state index in [1.165, 1.54) is 17.7 Å². The molecule has 1 unspecified atom stereocenters. The quantitative estimate of drug-likeness (QED) is 0.329. The van der Waals surface area contributed by atoms with E-state index in [0.29, 0.717) is 26.2 Å². The van der Waals surface area contributed by atoms with E-state index >= 15 is 0 Å². The fourth-order valence-corrected chi connectivity index (χ4v) is 2.77. The number of ether oxygens (including phenoxy) is 1. The van der Waals surface area contributed by atoms with E-state index < -0.39 is 16.1 Å². The summed E-state index contributed by atoms with van der Waals surface area (Å²) in [6.45, 7) is 1.93. The summed E-state index contributed by atoms with van der Waals surface area (Å²) in [5.74, 6) is 4.79. The summed E-state index contributed by atoms with van der Waals surface area (Å²) in [5.41, 5.74) is 2.10. The minimum atomic E-state index is -3.16. The molecule has 0 aromatic heterocycles. The highest BCUT2D eigenvalue weighted by molar-refractivity contribution is 7.88. The van der Waals surface area contributed by atoms with Crippen molar-refractivity contribution in [1.29, 1.82) is 0 Å². The molecule has 0 spiro atoms. The topological polar surface area (TPSA) is 105 Å². The maximum Gasteiger partial charge on any atom is 0.253 e. The van der Waals surface area contributed by atoms with Crippen LogP contribution in [0.3, 0.4) is 0 Å². The maximum atomic E-state index is 11.6. The predicted octanol–water partition coefficient (Wildman–Crippen LogP) is -2.43. The first-order chi connectivity index (χ1) is 8.40. The van der Waals surface area contributed by atoms with Gasteiger partial charge in [0.1, 0.15) is 6.04 Å². The lowest BCUT2D eigenvalue weighted by atomic mass is 10.2. The lowest BCUT2D eigenvalue weighted by molar-refractivity contribution is -0.129. The second-order valence-electron chi connectivity index (χ2n) is 4.18. The van der Waals surface area contributed by atoms with Gasteiger partial charge in [0.2, 0.25) is 10.0 Å². The van der Waals surface area contributed by atoms with E-state index in [0.717, 1.165) is 0 Å². The molecule has 1 fully saturated rings. The van der Waals surface area contributed by atoms with Crippen molar-refractivity contribution in [3.63, 3.8) is 0 Å². The molecule has 0 bridgehead atoms. The van der Waals surface area contributed by atoms with Gasteiger partial charge in [-0.05, 0) is 0 Å². The average Bonchev–Trinajstić information content (AvgIpc) is 2.34. The van der Waals surface area contributed by atoms with Gasteiger partial charge in [-0.25, -0.2) is 14.3 Å². The maximum absolute atomic E-state index is 11.6. The third-order valence-electron chi connectivity index (χ3n) is 2.95. The summed E-state index contributed by atoms with van der Waals surface area (Å²) in [4.78, 5) is 13.5. The van der Waals surface area contributed by atoms with Gasteiger partial charge in [0, 0.05) is 33.3 Å². The van der Waals surface area contributed by atoms with Crippen molar-refractivity contribution in [2.24, 2.45) is 5.84 Å². The largest absolute Gasteiger partial charge is 0.383 e. The molecule has 1 amide bonds. The van der Waals surface area contributed by atoms with E-state index in [1.807, 2.05) is 4.90 Å². The molecule has 0 aromatic rings. The van der Waals surface area contributed by atoms with Gasteiger partial charge >= 0.3 is 0 Å². The zero-order valence-electron chi connectivity index (χ0n) is 10.6. The molecule has 0 aromatic carbocycles. The Bertz CT molecular complexity index is 378. The lowest BCUT2D eigenvalue weighted by Gasteiger charge is -2.37. The fraction of sp³-hybridized carbons (Fsp3) is 0.889. The van der Waals surface area contributed by atoms with Crippen LogP contribution in [0.4, 0.5) is 0 Å². The first-order valence-electron chi connectivity index (χ1n) is 5.58. The first kappa shape index (κ1) is 15.3. The van der Waals surface area contributed by atoms with Crippen molar-refractivity contribution in [2.45, 2.75) is 6.04 Å². The van der Waals surface area contributed by atoms with Crippen LogP contribution in [0, 0.1) is 0 Å². The van der Waals surface area contributed by atoms with Gasteiger partial charge in [0.15, 0.2) is 0 Å². The molecule has 0 radical (unpaired) electrons. The molecule has 0 saturated carbocycles. The number of nitrogens with zero attached hydrogens (tertiary/aromatic N) is 2. The molecule has 0 aliphatic carbocycles. The van der Waals surface area contributed by atoms with Crippen LogP contribution in [0.1, 0.15) is 0 Å². The summed E-state index contributed by atoms with van der Waals surface area (Å²) in [6, 6.07) is -0.485. The summed E-state index contributed by atoms with van der Waals surface area (Å²) in [7, 11) is -1.66. The van der Waals surface area contributed by atoms with Crippen LogP contribution < -0.4 is 11.3 Å². The lowest BCUT2D eigenvalue weighted by Crippen LogP contribution is -2.58. The molecule has 9 heteroatoms. The van der Waals surface area contributed by atoms with Gasteiger partial charge in [-0.15, -0.1) is 0 Å². The highest BCUT2D eigenvalue weighted by Crippen LogP contribution is 2.09. The number of methoxy groups -OCH3 is 1. The number of hydrogen-bond donors (Lipinski definition) is 2. The van der Waals surface area contributed by atoms with Crippen molar-refractivity contribution in [1.82, 2.24) is 14.6 Å². The standard InChI is InChI=1S/C9H20N4O4S/c1-17-7-8(9(14)11-10)12-3-5-13(6-4-12)18(2,15)16/h8H,3-7,10H2,1-2H3,(H,11,14). The van der Waals surface area contributed by atoms with Crippen LogP contribution in [-0.4, -0.2) is 75.7 Å². The Morgan fingerprint density at radius 3 is 2.33 bits per heavy atom. The zero-order valence-corrected chi connectivity index (χ0v) is 11.4. The van der Waals surface area contributed by atoms with Gasteiger partial charge in [-0.1, -0.05) is 0 Å². The molecule has 18 heavy (non-hydrogen) atoms. The summed E-state index contributed by atoms with van der Waals surface area (Å²) < 4.78 is 29.1. The van der Waals surface area contributed by atoms with Gasteiger partial charge in [0.25, 0.3) is 5.91 Å². The molecule has 1 heterocycles. The molecule has 1 rings (SSSR count). The molecule has 3 N–H and O–H groups in total. The zero-order chi connectivity index (χ0) is 13.8. The number of rotatable bonds is 5. The first-order valence-corrected chi connectivity index (χ1v) is 7.43. The van der Waals surface area contributed by atoms with Crippen molar-refractivity contribution < 1.29 is 17.9 Å². The van der Waals surface area contributed by atoms with Crippen LogP contribution >= 0.6 is 0 Å². The Morgan fingerprint density at radius 2 is 1.94 bits per heavy atom. The van der Waals surface area contributed by atoms with E-state index in [2.05, 4.69) is 5.43 Å². The van der Waals surface area contributed by atoms with Gasteiger partial charge < -0.3 is 4.74 Å². The summed E-state index contributed by atoms with van der Waals surface area (Å²) >= 11 is 0. The van der Waals surface area contributed by atoms with Crippen LogP contribution in [-0.2, 0) is 19.6 Å². The van der Waals surface area contributed by atoms with Crippen molar-refractivity contribution in [3.05, 3.63) is 0 Å². The third-order valence-corrected chi connectivity index (χ3v) is 4.26. The number of hydrogen-bond acceptors (Lipinski definition) is 6. The van der Waals surface area contributed by atoms with Crippen molar-refractivity contribution >= 4 is 15.9 Å². The second-order valence-corrected chi connectivity index (χ2v) is 6.16. The number of amides is 1. The normalized spacial score (nSPS) is 20.6. The Balaban J connectivity index is 2.62. The average molecular weight is 280 g/mol. The number of nitrogens with one attached hydrogen (secondary N) is 1. The number of carbonyl (C=O) groups is 1. The molecule has 1 atom stereocenters. The van der Waals surface area contributed by atoms with E-state index in [9.17, 15) is 13.2 Å². The Labute approximate surface area is 107 Å². The van der Waals surface area contributed by atoms with Gasteiger partial charge in [-0.2, -0.15) is 4.31 Å². The van der Waals surface area contributed by atoms with Gasteiger partial charge in [-0.3, -0.25) is 15.1 Å². The Morgan fingerprint density at radius 1 is 1.39 bits per heavy atom. The third kappa shape index (κ3) is 3.89. The number of nitrogens with two attached hydrogens (primary N) is 1. The molecule has 8 nitrogen and oxygen atoms in total. The molecule has 106 valence electrons. The molecule has 1 aliphatic heterocycles. The van der Waals surface area contributed by atoms with Crippen LogP contribution in [0.25, 0.3) is 0 Å². The monoisotopic (exact) mass is 280 g/mol. The van der Waals surface area contributed by atoms with E-state index in [-0.39, 0.29) is 12.5 Å². The molecule has 1 aliphatic rings. The summed E-state index contributed by atoms with van der Waals surface area (Å²) in [5, 5.41) is 0. The smallest absolute Gasteiger partial charge is 0.253 e. The highest BCUT2D eigenvalue weighted by atomic mass is 32.2. The van der Waals surface area contributed by atoms with Crippen LogP contribution in [0.15, 0.2) is 0 Å². The van der Waals surface area contributed by atoms with Crippen LogP contribution in [0.5, 0.6) is 0 Å². The highest BCUT2D eigenvalue weighted by Gasteiger charge is 2.31. The minimum Gasteiger partial charge on any atom is -0.383 e. The predicted molar refractivity (Wildman–Crippen MR) is 66.0 cm³/mol. The number of carbonyl (C=O) groups excluding carboxylic acids is 1. The Hall–Kier alpha value is -0.740.